The number of nitrogens with one attached hydrogen (secondary N) is 1. The van der Waals surface area contributed by atoms with E-state index in [4.69, 9.17) is 4.84 Å². The van der Waals surface area contributed by atoms with Gasteiger partial charge in [-0.25, -0.2) is 4.79 Å². The van der Waals surface area contributed by atoms with Crippen LogP contribution in [0.2, 0.25) is 0 Å². The van der Waals surface area contributed by atoms with Gasteiger partial charge in [0.1, 0.15) is 11.6 Å². The molecule has 0 saturated carbocycles. The molecule has 6 heteroatoms. The highest BCUT2D eigenvalue weighted by molar-refractivity contribution is 7.99. The Bertz CT molecular complexity index is 1050. The maximum Gasteiger partial charge on any atom is 0.362 e. The average molecular weight is 397 g/mol. The van der Waals surface area contributed by atoms with Crippen LogP contribution in [0.3, 0.4) is 0 Å². The second kappa shape index (κ2) is 8.97. The van der Waals surface area contributed by atoms with Crippen molar-refractivity contribution in [2.45, 2.75) is 43.5 Å². The number of aromatic nitrogens is 2. The molecule has 28 heavy (non-hydrogen) atoms. The summed E-state index contributed by atoms with van der Waals surface area (Å²) in [6, 6.07) is 16.1. The number of hydrogen-bond donors (Lipinski definition) is 1. The maximum absolute atomic E-state index is 12.5. The van der Waals surface area contributed by atoms with E-state index in [1.807, 2.05) is 63.2 Å². The van der Waals surface area contributed by atoms with Crippen molar-refractivity contribution in [1.29, 1.82) is 0 Å². The van der Waals surface area contributed by atoms with Gasteiger partial charge in [0.2, 0.25) is 0 Å². The van der Waals surface area contributed by atoms with Crippen LogP contribution in [0, 0.1) is 13.8 Å². The topological polar surface area (TPSA) is 64.1 Å². The van der Waals surface area contributed by atoms with Gasteiger partial charge in [-0.3, -0.25) is 9.78 Å². The Morgan fingerprint density at radius 1 is 1.04 bits per heavy atom. The molecular weight excluding hydrogens is 372 g/mol. The molecule has 0 fully saturated rings. The van der Waals surface area contributed by atoms with Crippen LogP contribution in [0.5, 0.6) is 0 Å². The zero-order chi connectivity index (χ0) is 20.1. The lowest BCUT2D eigenvalue weighted by atomic mass is 10.2. The van der Waals surface area contributed by atoms with E-state index in [2.05, 4.69) is 11.1 Å². The van der Waals surface area contributed by atoms with Crippen molar-refractivity contribution < 1.29 is 4.84 Å². The molecule has 3 aromatic rings. The van der Waals surface area contributed by atoms with E-state index >= 15 is 0 Å². The minimum Gasteiger partial charge on any atom is -0.408 e. The third-order valence-corrected chi connectivity index (χ3v) is 5.42. The first-order valence-electron chi connectivity index (χ1n) is 9.29. The van der Waals surface area contributed by atoms with Crippen molar-refractivity contribution in [3.63, 3.8) is 0 Å². The predicted molar refractivity (Wildman–Crippen MR) is 112 cm³/mol. The highest BCUT2D eigenvalue weighted by Crippen LogP contribution is 2.29. The van der Waals surface area contributed by atoms with E-state index in [-0.39, 0.29) is 5.56 Å². The first-order valence-corrected chi connectivity index (χ1v) is 10.1. The molecule has 2 aromatic carbocycles. The molecule has 1 heterocycles. The summed E-state index contributed by atoms with van der Waals surface area (Å²) < 4.78 is 1.23. The number of nitrogens with zero attached hydrogens (tertiary/aromatic N) is 1. The molecule has 1 aromatic heterocycles. The van der Waals surface area contributed by atoms with Gasteiger partial charge in [0.05, 0.1) is 5.56 Å². The molecule has 3 rings (SSSR count). The standard InChI is InChI=1S/C22H24N2O3S/c1-4-19-20(25)23-22(26)24(27-11-10-17-8-6-5-7-9-17)21(19)28-18-13-15(2)12-16(3)14-18/h5-9,12-14H,4,10-11H2,1-3H3,(H,23,25,26). The van der Waals surface area contributed by atoms with Gasteiger partial charge in [-0.2, -0.15) is 0 Å². The molecule has 0 amide bonds. The molecule has 0 bridgehead atoms. The molecule has 0 aliphatic heterocycles. The molecule has 0 aliphatic rings. The SMILES string of the molecule is CCc1c(Sc2cc(C)cc(C)c2)n(OCCc2ccccc2)c(=O)[nH]c1=O. The third-order valence-electron chi connectivity index (χ3n) is 4.34. The van der Waals surface area contributed by atoms with Gasteiger partial charge in [-0.15, -0.1) is 4.73 Å². The fraction of sp³-hybridized carbons (Fsp3) is 0.273. The van der Waals surface area contributed by atoms with E-state index in [1.165, 1.54) is 16.5 Å². The van der Waals surface area contributed by atoms with E-state index in [0.717, 1.165) is 21.6 Å². The summed E-state index contributed by atoms with van der Waals surface area (Å²) >= 11 is 1.39. The van der Waals surface area contributed by atoms with Gasteiger partial charge in [0.25, 0.3) is 5.56 Å². The Morgan fingerprint density at radius 3 is 2.36 bits per heavy atom. The minimum atomic E-state index is -0.554. The van der Waals surface area contributed by atoms with Crippen molar-refractivity contribution in [3.8, 4) is 0 Å². The van der Waals surface area contributed by atoms with Gasteiger partial charge in [-0.1, -0.05) is 55.1 Å². The lowest BCUT2D eigenvalue weighted by Gasteiger charge is -2.16. The molecule has 146 valence electrons. The van der Waals surface area contributed by atoms with Gasteiger partial charge in [-0.05, 0) is 49.1 Å². The number of hydrogen-bond acceptors (Lipinski definition) is 4. The molecule has 1 N–H and O–H groups in total. The quantitative estimate of drug-likeness (QED) is 0.621. The molecular formula is C22H24N2O3S. The molecule has 5 nitrogen and oxygen atoms in total. The highest BCUT2D eigenvalue weighted by Gasteiger charge is 2.17. The zero-order valence-electron chi connectivity index (χ0n) is 16.3. The van der Waals surface area contributed by atoms with Crippen LogP contribution in [0.1, 0.15) is 29.2 Å². The van der Waals surface area contributed by atoms with Gasteiger partial charge >= 0.3 is 5.69 Å². The number of benzene rings is 2. The van der Waals surface area contributed by atoms with Gasteiger partial charge in [0.15, 0.2) is 0 Å². The molecule has 0 unspecified atom stereocenters. The van der Waals surface area contributed by atoms with E-state index < -0.39 is 5.69 Å². The molecule has 0 radical (unpaired) electrons. The molecule has 0 atom stereocenters. The second-order valence-corrected chi connectivity index (χ2v) is 7.75. The van der Waals surface area contributed by atoms with Crippen molar-refractivity contribution in [2.24, 2.45) is 0 Å². The van der Waals surface area contributed by atoms with Gasteiger partial charge in [0, 0.05) is 11.3 Å². The fourth-order valence-electron chi connectivity index (χ4n) is 3.07. The predicted octanol–water partition coefficient (Wildman–Crippen LogP) is 3.54. The summed E-state index contributed by atoms with van der Waals surface area (Å²) in [7, 11) is 0. The third kappa shape index (κ3) is 4.75. The molecule has 0 saturated heterocycles. The Morgan fingerprint density at radius 2 is 1.71 bits per heavy atom. The first-order chi connectivity index (χ1) is 13.5. The van der Waals surface area contributed by atoms with Crippen molar-refractivity contribution in [2.75, 3.05) is 6.61 Å². The normalized spacial score (nSPS) is 10.8. The minimum absolute atomic E-state index is 0.333. The van der Waals surface area contributed by atoms with E-state index in [1.54, 1.807) is 0 Å². The van der Waals surface area contributed by atoms with Crippen LogP contribution >= 0.6 is 11.8 Å². The number of aryl methyl sites for hydroxylation is 2. The Labute approximate surface area is 168 Å². The first kappa shape index (κ1) is 20.0. The molecule has 0 spiro atoms. The summed E-state index contributed by atoms with van der Waals surface area (Å²) in [6.07, 6.45) is 1.17. The highest BCUT2D eigenvalue weighted by atomic mass is 32.2. The van der Waals surface area contributed by atoms with Crippen LogP contribution < -0.4 is 16.1 Å². The Hall–Kier alpha value is -2.73. The Balaban J connectivity index is 1.94. The Kier molecular flexibility index (Phi) is 6.41. The van der Waals surface area contributed by atoms with Crippen LogP contribution in [-0.2, 0) is 12.8 Å². The fourth-order valence-corrected chi connectivity index (χ4v) is 4.36. The number of H-pyrrole nitrogens is 1. The largest absolute Gasteiger partial charge is 0.408 e. The number of rotatable bonds is 7. The summed E-state index contributed by atoms with van der Waals surface area (Å²) in [5.41, 5.74) is 3.01. The van der Waals surface area contributed by atoms with Gasteiger partial charge < -0.3 is 4.84 Å². The number of aromatic amines is 1. The summed E-state index contributed by atoms with van der Waals surface area (Å²) in [4.78, 5) is 33.9. The summed E-state index contributed by atoms with van der Waals surface area (Å²) in [6.45, 7) is 6.28. The maximum atomic E-state index is 12.5. The second-order valence-electron chi connectivity index (χ2n) is 6.69. The van der Waals surface area contributed by atoms with Crippen LogP contribution in [0.25, 0.3) is 0 Å². The van der Waals surface area contributed by atoms with Crippen molar-refractivity contribution in [1.82, 2.24) is 9.71 Å². The lowest BCUT2D eigenvalue weighted by molar-refractivity contribution is 0.0807. The average Bonchev–Trinajstić information content (AvgIpc) is 2.64. The molecule has 0 aliphatic carbocycles. The smallest absolute Gasteiger partial charge is 0.362 e. The summed E-state index contributed by atoms with van der Waals surface area (Å²) in [5.74, 6) is 0. The van der Waals surface area contributed by atoms with Crippen LogP contribution in [0.4, 0.5) is 0 Å². The van der Waals surface area contributed by atoms with Crippen LogP contribution in [-0.4, -0.2) is 16.3 Å². The van der Waals surface area contributed by atoms with Crippen LogP contribution in [0.15, 0.2) is 68.0 Å². The van der Waals surface area contributed by atoms with E-state index in [0.29, 0.717) is 30.0 Å². The van der Waals surface area contributed by atoms with Crippen molar-refractivity contribution >= 4 is 11.8 Å². The lowest BCUT2D eigenvalue weighted by Crippen LogP contribution is -2.38. The monoisotopic (exact) mass is 396 g/mol. The summed E-state index contributed by atoms with van der Waals surface area (Å²) in [5, 5.41) is 0.536. The zero-order valence-corrected chi connectivity index (χ0v) is 17.1. The van der Waals surface area contributed by atoms with Crippen molar-refractivity contribution in [3.05, 3.63) is 91.6 Å². The van der Waals surface area contributed by atoms with E-state index in [9.17, 15) is 9.59 Å².